The summed E-state index contributed by atoms with van der Waals surface area (Å²) in [5.41, 5.74) is 0.354. The van der Waals surface area contributed by atoms with Gasteiger partial charge in [0.05, 0.1) is 28.7 Å². The Hall–Kier alpha value is -4.74. The fraction of sp³-hybridized carbons (Fsp3) is 0.115. The van der Waals surface area contributed by atoms with Crippen molar-refractivity contribution in [2.75, 3.05) is 19.0 Å². The maximum Gasteiger partial charge on any atom is 0.339 e. The number of benzene rings is 3. The number of nitrogens with zero attached hydrogens (tertiary/aromatic N) is 2. The van der Waals surface area contributed by atoms with E-state index >= 15 is 0 Å². The predicted molar refractivity (Wildman–Crippen MR) is 146 cm³/mol. The van der Waals surface area contributed by atoms with Crippen molar-refractivity contribution >= 4 is 55.4 Å². The summed E-state index contributed by atoms with van der Waals surface area (Å²) in [7, 11) is -3.14. The lowest BCUT2D eigenvalue weighted by Crippen LogP contribution is -2.14. The third kappa shape index (κ3) is 7.22. The number of nitro groups is 1. The van der Waals surface area contributed by atoms with E-state index in [4.69, 9.17) is 13.7 Å². The molecule has 0 aliphatic carbocycles. The average Bonchev–Trinajstić information content (AvgIpc) is 2.93. The van der Waals surface area contributed by atoms with Gasteiger partial charge in [-0.3, -0.25) is 14.9 Å². The van der Waals surface area contributed by atoms with Gasteiger partial charge < -0.3 is 19.0 Å². The number of nitrogens with one attached hydrogen (secondary N) is 1. The van der Waals surface area contributed by atoms with Gasteiger partial charge in [-0.25, -0.2) is 4.79 Å². The molecule has 0 spiro atoms. The largest absolute Gasteiger partial charge is 0.493 e. The highest BCUT2D eigenvalue weighted by atomic mass is 79.9. The van der Waals surface area contributed by atoms with E-state index in [9.17, 15) is 33.4 Å². The first-order chi connectivity index (χ1) is 19.0. The molecule has 0 aliphatic heterocycles. The number of carbonyl (C=O) groups is 2. The van der Waals surface area contributed by atoms with E-state index in [1.165, 1.54) is 49.6 Å². The number of esters is 1. The van der Waals surface area contributed by atoms with Crippen LogP contribution in [-0.2, 0) is 19.6 Å². The zero-order valence-corrected chi connectivity index (χ0v) is 23.3. The summed E-state index contributed by atoms with van der Waals surface area (Å²) in [6.45, 7) is 1.90. The van der Waals surface area contributed by atoms with Crippen molar-refractivity contribution in [1.82, 2.24) is 0 Å². The van der Waals surface area contributed by atoms with Crippen LogP contribution in [0.3, 0.4) is 0 Å². The molecule has 206 valence electrons. The van der Waals surface area contributed by atoms with Crippen LogP contribution in [0.2, 0.25) is 0 Å². The topological polar surface area (TPSA) is 175 Å². The molecule has 3 aromatic rings. The number of hydrogen-bond acceptors (Lipinski definition) is 10. The van der Waals surface area contributed by atoms with Crippen LogP contribution in [0, 0.1) is 21.4 Å². The molecule has 0 heterocycles. The van der Waals surface area contributed by atoms with Gasteiger partial charge in [0, 0.05) is 17.8 Å². The number of nitro benzene ring substituents is 1. The lowest BCUT2D eigenvalue weighted by molar-refractivity contribution is -0.384. The molecule has 0 aromatic heterocycles. The van der Waals surface area contributed by atoms with E-state index < -0.39 is 26.9 Å². The number of nitriles is 1. The molecule has 1 amide bonds. The number of methoxy groups -OCH3 is 1. The average molecular weight is 630 g/mol. The minimum atomic E-state index is -4.40. The maximum absolute atomic E-state index is 12.8. The molecule has 40 heavy (non-hydrogen) atoms. The minimum absolute atomic E-state index is 0.0432. The zero-order valence-electron chi connectivity index (χ0n) is 20.9. The number of ether oxygens (including phenoxy) is 2. The van der Waals surface area contributed by atoms with E-state index in [-0.39, 0.29) is 38.7 Å². The Morgan fingerprint density at radius 1 is 1.12 bits per heavy atom. The number of non-ortho nitro benzene ring substituents is 1. The number of hydrogen-bond donors (Lipinski definition) is 1. The molecule has 14 heteroatoms. The second kappa shape index (κ2) is 12.9. The quantitative estimate of drug-likeness (QED) is 0.0814. The fourth-order valence-electron chi connectivity index (χ4n) is 3.21. The predicted octanol–water partition coefficient (Wildman–Crippen LogP) is 4.86. The first-order valence-corrected chi connectivity index (χ1v) is 13.5. The van der Waals surface area contributed by atoms with Crippen molar-refractivity contribution in [2.24, 2.45) is 0 Å². The number of halogens is 1. The molecule has 0 bridgehead atoms. The highest BCUT2D eigenvalue weighted by Gasteiger charge is 2.23. The number of anilines is 1. The van der Waals surface area contributed by atoms with Crippen LogP contribution < -0.4 is 14.2 Å². The van der Waals surface area contributed by atoms with Gasteiger partial charge in [-0.05, 0) is 83.0 Å². The summed E-state index contributed by atoms with van der Waals surface area (Å²) in [6, 6.07) is 14.6. The van der Waals surface area contributed by atoms with Crippen molar-refractivity contribution in [3.8, 4) is 17.6 Å². The van der Waals surface area contributed by atoms with Gasteiger partial charge in [-0.2, -0.15) is 13.7 Å². The summed E-state index contributed by atoms with van der Waals surface area (Å²) in [4.78, 5) is 34.3. The minimum Gasteiger partial charge on any atom is -0.493 e. The van der Waals surface area contributed by atoms with E-state index in [0.29, 0.717) is 16.8 Å². The van der Waals surface area contributed by atoms with Crippen LogP contribution in [0.5, 0.6) is 11.5 Å². The number of rotatable bonds is 10. The maximum atomic E-state index is 12.8. The van der Waals surface area contributed by atoms with Crippen molar-refractivity contribution in [3.05, 3.63) is 92.0 Å². The Balaban J connectivity index is 1.84. The summed E-state index contributed by atoms with van der Waals surface area (Å²) in [6.07, 6.45) is 1.25. The first kappa shape index (κ1) is 29.8. The molecule has 0 saturated carbocycles. The zero-order chi connectivity index (χ0) is 29.4. The summed E-state index contributed by atoms with van der Waals surface area (Å²) in [5.74, 6) is -1.51. The van der Waals surface area contributed by atoms with E-state index in [0.717, 1.165) is 24.3 Å². The smallest absolute Gasteiger partial charge is 0.339 e. The highest BCUT2D eigenvalue weighted by molar-refractivity contribution is 9.10. The molecule has 0 atom stereocenters. The summed E-state index contributed by atoms with van der Waals surface area (Å²) < 4.78 is 41.0. The first-order valence-electron chi connectivity index (χ1n) is 11.3. The highest BCUT2D eigenvalue weighted by Crippen LogP contribution is 2.39. The van der Waals surface area contributed by atoms with E-state index in [1.807, 2.05) is 0 Å². The van der Waals surface area contributed by atoms with Gasteiger partial charge in [0.2, 0.25) is 0 Å². The van der Waals surface area contributed by atoms with Crippen molar-refractivity contribution in [2.45, 2.75) is 11.8 Å². The molecular formula is C26H20BrN3O9S. The molecule has 0 radical (unpaired) electrons. The molecular weight excluding hydrogens is 610 g/mol. The van der Waals surface area contributed by atoms with E-state index in [2.05, 4.69) is 21.2 Å². The molecule has 3 aromatic carbocycles. The Kier molecular flexibility index (Phi) is 9.59. The normalized spacial score (nSPS) is 11.2. The van der Waals surface area contributed by atoms with Crippen LogP contribution in [0.1, 0.15) is 22.8 Å². The third-order valence-corrected chi connectivity index (χ3v) is 6.94. The second-order valence-electron chi connectivity index (χ2n) is 7.74. The fourth-order valence-corrected chi connectivity index (χ4v) is 4.82. The molecule has 12 nitrogen and oxygen atoms in total. The molecule has 0 unspecified atom stereocenters. The van der Waals surface area contributed by atoms with Gasteiger partial charge in [0.25, 0.3) is 11.6 Å². The Morgan fingerprint density at radius 2 is 1.77 bits per heavy atom. The molecule has 0 fully saturated rings. The van der Waals surface area contributed by atoms with Gasteiger partial charge in [0.1, 0.15) is 16.5 Å². The SMILES string of the molecule is CCOC(=O)c1ccc(NC(=O)/C(C#N)=C/c2cc(Br)c(OS(=O)(=O)c3ccc([N+](=O)[O-])cc3)c(OC)c2)cc1. The molecule has 3 rings (SSSR count). The molecule has 1 N–H and O–H groups in total. The van der Waals surface area contributed by atoms with Gasteiger partial charge in [-0.1, -0.05) is 0 Å². The van der Waals surface area contributed by atoms with Gasteiger partial charge in [-0.15, -0.1) is 0 Å². The number of carbonyl (C=O) groups excluding carboxylic acids is 2. The van der Waals surface area contributed by atoms with Gasteiger partial charge >= 0.3 is 16.1 Å². The van der Waals surface area contributed by atoms with Crippen LogP contribution in [0.15, 0.2) is 75.6 Å². The third-order valence-electron chi connectivity index (χ3n) is 5.11. The monoisotopic (exact) mass is 629 g/mol. The number of amides is 1. The van der Waals surface area contributed by atoms with Crippen LogP contribution in [0.4, 0.5) is 11.4 Å². The van der Waals surface area contributed by atoms with Crippen LogP contribution >= 0.6 is 15.9 Å². The van der Waals surface area contributed by atoms with Crippen LogP contribution in [-0.4, -0.2) is 38.9 Å². The standard InChI is InChI=1S/C26H20BrN3O9S/c1-3-38-26(32)17-4-6-19(7-5-17)29-25(31)18(15-28)12-16-13-22(27)24(23(14-16)37-2)39-40(35,36)21-10-8-20(9-11-21)30(33)34/h4-14H,3H2,1-2H3,(H,29,31)/b18-12+. The Bertz CT molecular complexity index is 1630. The summed E-state index contributed by atoms with van der Waals surface area (Å²) >= 11 is 3.22. The van der Waals surface area contributed by atoms with Crippen molar-refractivity contribution in [1.29, 1.82) is 5.26 Å². The van der Waals surface area contributed by atoms with Gasteiger partial charge in [0.15, 0.2) is 11.5 Å². The Labute approximate surface area is 237 Å². The van der Waals surface area contributed by atoms with E-state index in [1.54, 1.807) is 13.0 Å². The molecule has 0 aliphatic rings. The van der Waals surface area contributed by atoms with Crippen molar-refractivity contribution < 1.29 is 36.6 Å². The van der Waals surface area contributed by atoms with Crippen molar-refractivity contribution in [3.63, 3.8) is 0 Å². The lowest BCUT2D eigenvalue weighted by atomic mass is 10.1. The second-order valence-corrected chi connectivity index (χ2v) is 10.1. The lowest BCUT2D eigenvalue weighted by Gasteiger charge is -2.13. The van der Waals surface area contributed by atoms with Crippen LogP contribution in [0.25, 0.3) is 6.08 Å². The molecule has 0 saturated heterocycles. The summed E-state index contributed by atoms with van der Waals surface area (Å²) in [5, 5.41) is 23.0. The Morgan fingerprint density at radius 3 is 2.33 bits per heavy atom.